The highest BCUT2D eigenvalue weighted by molar-refractivity contribution is 5.88. The van der Waals surface area contributed by atoms with Crippen LogP contribution < -0.4 is 15.0 Å². The number of carbonyl (C=O) groups is 1. The van der Waals surface area contributed by atoms with Crippen molar-refractivity contribution in [2.45, 2.75) is 38.5 Å². The highest BCUT2D eigenvalue weighted by atomic mass is 19.3. The number of aromatic nitrogens is 2. The number of nitrogens with zero attached hydrogens (tertiary/aromatic N) is 2. The van der Waals surface area contributed by atoms with Crippen LogP contribution in [0.1, 0.15) is 24.1 Å². The third kappa shape index (κ3) is 4.65. The SMILES string of the molecule is COc1cc(CN(C(=O)Cc2n[nH]c(=O)c3ccccc23)C2CC2)ccc1OC(F)F. The number of carbonyl (C=O) groups excluding carboxylic acids is 1. The number of H-pyrrole nitrogens is 1. The van der Waals surface area contributed by atoms with Gasteiger partial charge in [-0.3, -0.25) is 9.59 Å². The summed E-state index contributed by atoms with van der Waals surface area (Å²) in [6.07, 6.45) is 1.84. The molecule has 2 aromatic carbocycles. The lowest BCUT2D eigenvalue weighted by Crippen LogP contribution is -2.34. The number of fused-ring (bicyclic) bond motifs is 1. The smallest absolute Gasteiger partial charge is 0.387 e. The van der Waals surface area contributed by atoms with Gasteiger partial charge in [0, 0.05) is 18.0 Å². The highest BCUT2D eigenvalue weighted by Gasteiger charge is 2.33. The van der Waals surface area contributed by atoms with Gasteiger partial charge in [0.25, 0.3) is 5.56 Å². The molecule has 1 aliphatic rings. The maximum Gasteiger partial charge on any atom is 0.387 e. The Labute approximate surface area is 176 Å². The van der Waals surface area contributed by atoms with Crippen molar-refractivity contribution >= 4 is 16.7 Å². The van der Waals surface area contributed by atoms with E-state index >= 15 is 0 Å². The van der Waals surface area contributed by atoms with Crippen LogP contribution in [-0.4, -0.2) is 40.8 Å². The zero-order valence-electron chi connectivity index (χ0n) is 16.8. The summed E-state index contributed by atoms with van der Waals surface area (Å²) in [5.74, 6) is -0.0113. The molecule has 9 heteroatoms. The van der Waals surface area contributed by atoms with Gasteiger partial charge in [0.05, 0.1) is 24.6 Å². The molecule has 0 aliphatic heterocycles. The van der Waals surface area contributed by atoms with E-state index in [0.29, 0.717) is 23.0 Å². The Kier molecular flexibility index (Phi) is 5.83. The van der Waals surface area contributed by atoms with Crippen LogP contribution in [0.4, 0.5) is 8.78 Å². The molecule has 1 saturated carbocycles. The molecule has 1 fully saturated rings. The van der Waals surface area contributed by atoms with Crippen molar-refractivity contribution in [3.8, 4) is 11.5 Å². The maximum atomic E-state index is 13.1. The minimum absolute atomic E-state index is 0.0392. The molecule has 0 atom stereocenters. The van der Waals surface area contributed by atoms with E-state index in [1.54, 1.807) is 41.3 Å². The van der Waals surface area contributed by atoms with Crippen LogP contribution in [0.5, 0.6) is 11.5 Å². The first kappa shape index (κ1) is 20.8. The molecule has 1 amide bonds. The van der Waals surface area contributed by atoms with Gasteiger partial charge in [-0.05, 0) is 36.6 Å². The quantitative estimate of drug-likeness (QED) is 0.594. The highest BCUT2D eigenvalue weighted by Crippen LogP contribution is 2.33. The molecular weight excluding hydrogens is 408 g/mol. The van der Waals surface area contributed by atoms with Gasteiger partial charge in [-0.1, -0.05) is 24.3 Å². The minimum atomic E-state index is -2.95. The molecule has 7 nitrogen and oxygen atoms in total. The summed E-state index contributed by atoms with van der Waals surface area (Å²) in [6.45, 7) is -2.65. The van der Waals surface area contributed by atoms with Crippen LogP contribution in [0.25, 0.3) is 10.8 Å². The van der Waals surface area contributed by atoms with Crippen LogP contribution in [0, 0.1) is 0 Å². The number of alkyl halides is 2. The van der Waals surface area contributed by atoms with Crippen LogP contribution in [-0.2, 0) is 17.8 Å². The first-order chi connectivity index (χ1) is 15.0. The Morgan fingerprint density at radius 2 is 1.94 bits per heavy atom. The average Bonchev–Trinajstić information content (AvgIpc) is 3.60. The summed E-state index contributed by atoms with van der Waals surface area (Å²) in [7, 11) is 1.37. The number of methoxy groups -OCH3 is 1. The van der Waals surface area contributed by atoms with E-state index in [1.165, 1.54) is 13.2 Å². The molecule has 0 spiro atoms. The van der Waals surface area contributed by atoms with Crippen molar-refractivity contribution in [2.75, 3.05) is 7.11 Å². The standard InChI is InChI=1S/C22H21F2N3O4/c1-30-19-10-13(6-9-18(19)31-22(23)24)12-27(14-7-8-14)20(28)11-17-15-4-2-3-5-16(15)21(29)26-25-17/h2-6,9-10,14,22H,7-8,11-12H2,1H3,(H,26,29). The van der Waals surface area contributed by atoms with Crippen LogP contribution in [0.2, 0.25) is 0 Å². The largest absolute Gasteiger partial charge is 0.493 e. The van der Waals surface area contributed by atoms with Crippen molar-refractivity contribution in [2.24, 2.45) is 0 Å². The molecule has 3 aromatic rings. The number of hydrogen-bond acceptors (Lipinski definition) is 5. The van der Waals surface area contributed by atoms with Gasteiger partial charge >= 0.3 is 6.61 Å². The second kappa shape index (κ2) is 8.71. The number of amides is 1. The molecule has 0 bridgehead atoms. The summed E-state index contributed by atoms with van der Waals surface area (Å²) in [4.78, 5) is 26.9. The van der Waals surface area contributed by atoms with E-state index in [2.05, 4.69) is 14.9 Å². The van der Waals surface area contributed by atoms with Crippen molar-refractivity contribution in [3.63, 3.8) is 0 Å². The number of rotatable bonds is 8. The van der Waals surface area contributed by atoms with Crippen molar-refractivity contribution in [1.82, 2.24) is 15.1 Å². The number of hydrogen-bond donors (Lipinski definition) is 1. The normalized spacial score (nSPS) is 13.4. The summed E-state index contributed by atoms with van der Waals surface area (Å²) >= 11 is 0. The predicted octanol–water partition coefficient (Wildman–Crippen LogP) is 3.27. The molecule has 4 rings (SSSR count). The van der Waals surface area contributed by atoms with E-state index in [9.17, 15) is 18.4 Å². The molecular formula is C22H21F2N3O4. The Balaban J connectivity index is 1.56. The third-order valence-corrected chi connectivity index (χ3v) is 5.20. The summed E-state index contributed by atoms with van der Waals surface area (Å²) < 4.78 is 34.7. The Morgan fingerprint density at radius 3 is 2.61 bits per heavy atom. The molecule has 31 heavy (non-hydrogen) atoms. The number of nitrogens with one attached hydrogen (secondary N) is 1. The molecule has 1 N–H and O–H groups in total. The van der Waals surface area contributed by atoms with Gasteiger partial charge in [-0.15, -0.1) is 0 Å². The van der Waals surface area contributed by atoms with Gasteiger partial charge in [-0.2, -0.15) is 13.9 Å². The second-order valence-electron chi connectivity index (χ2n) is 7.34. The number of benzene rings is 2. The van der Waals surface area contributed by atoms with E-state index < -0.39 is 6.61 Å². The van der Waals surface area contributed by atoms with Gasteiger partial charge in [-0.25, -0.2) is 5.10 Å². The molecule has 0 radical (unpaired) electrons. The van der Waals surface area contributed by atoms with E-state index in [0.717, 1.165) is 18.4 Å². The maximum absolute atomic E-state index is 13.1. The van der Waals surface area contributed by atoms with Crippen molar-refractivity contribution in [1.29, 1.82) is 0 Å². The fraction of sp³-hybridized carbons (Fsp3) is 0.318. The van der Waals surface area contributed by atoms with Crippen LogP contribution in [0.15, 0.2) is 47.3 Å². The predicted molar refractivity (Wildman–Crippen MR) is 109 cm³/mol. The average molecular weight is 429 g/mol. The van der Waals surface area contributed by atoms with Gasteiger partial charge in [0.1, 0.15) is 0 Å². The zero-order valence-corrected chi connectivity index (χ0v) is 16.8. The lowest BCUT2D eigenvalue weighted by molar-refractivity contribution is -0.131. The zero-order chi connectivity index (χ0) is 22.0. The Bertz CT molecular complexity index is 1160. The van der Waals surface area contributed by atoms with Gasteiger partial charge in [0.2, 0.25) is 5.91 Å². The molecule has 0 saturated heterocycles. The van der Waals surface area contributed by atoms with Crippen molar-refractivity contribution < 1.29 is 23.0 Å². The summed E-state index contributed by atoms with van der Waals surface area (Å²) in [5, 5.41) is 7.67. The number of ether oxygens (including phenoxy) is 2. The second-order valence-corrected chi connectivity index (χ2v) is 7.34. The molecule has 1 aliphatic carbocycles. The molecule has 162 valence electrons. The van der Waals surface area contributed by atoms with Crippen molar-refractivity contribution in [3.05, 3.63) is 64.1 Å². The molecule has 1 heterocycles. The van der Waals surface area contributed by atoms with Crippen LogP contribution in [0.3, 0.4) is 0 Å². The number of halogens is 2. The molecule has 1 aromatic heterocycles. The summed E-state index contributed by atoms with van der Waals surface area (Å²) in [5.41, 5.74) is 0.936. The van der Waals surface area contributed by atoms with E-state index in [4.69, 9.17) is 4.74 Å². The van der Waals surface area contributed by atoms with E-state index in [-0.39, 0.29) is 35.4 Å². The monoisotopic (exact) mass is 429 g/mol. The lowest BCUT2D eigenvalue weighted by atomic mass is 10.1. The summed E-state index contributed by atoms with van der Waals surface area (Å²) in [6, 6.07) is 11.8. The Hall–Kier alpha value is -3.49. The fourth-order valence-electron chi connectivity index (χ4n) is 3.56. The first-order valence-electron chi connectivity index (χ1n) is 9.83. The van der Waals surface area contributed by atoms with E-state index in [1.807, 2.05) is 0 Å². The topological polar surface area (TPSA) is 84.5 Å². The Morgan fingerprint density at radius 1 is 1.19 bits per heavy atom. The van der Waals surface area contributed by atoms with Gasteiger partial charge < -0.3 is 14.4 Å². The molecule has 0 unspecified atom stereocenters. The first-order valence-corrected chi connectivity index (χ1v) is 9.83. The number of aromatic amines is 1. The van der Waals surface area contributed by atoms with Gasteiger partial charge in [0.15, 0.2) is 11.5 Å². The third-order valence-electron chi connectivity index (χ3n) is 5.20. The fourth-order valence-corrected chi connectivity index (χ4v) is 3.56. The lowest BCUT2D eigenvalue weighted by Gasteiger charge is -2.23. The minimum Gasteiger partial charge on any atom is -0.493 e. The van der Waals surface area contributed by atoms with Crippen LogP contribution >= 0.6 is 0 Å².